The van der Waals surface area contributed by atoms with Crippen LogP contribution in [0.1, 0.15) is 12.0 Å². The molecular weight excluding hydrogens is 322 g/mol. The molecule has 1 amide bonds. The molecule has 1 saturated heterocycles. The number of rotatable bonds is 6. The highest BCUT2D eigenvalue weighted by molar-refractivity contribution is 5.95. The van der Waals surface area contributed by atoms with E-state index >= 15 is 0 Å². The summed E-state index contributed by atoms with van der Waals surface area (Å²) in [6.45, 7) is 0.776. The number of aromatic nitrogens is 1. The second-order valence-electron chi connectivity index (χ2n) is 5.86. The summed E-state index contributed by atoms with van der Waals surface area (Å²) in [7, 11) is 1.56. The zero-order valence-electron chi connectivity index (χ0n) is 13.9. The first-order valence-corrected chi connectivity index (χ1v) is 8.08. The van der Waals surface area contributed by atoms with E-state index in [0.717, 1.165) is 5.56 Å². The lowest BCUT2D eigenvalue weighted by Gasteiger charge is -2.14. The van der Waals surface area contributed by atoms with E-state index in [9.17, 15) is 9.90 Å². The number of carbonyl (C=O) groups excluding carboxylic acids is 1. The van der Waals surface area contributed by atoms with Crippen LogP contribution >= 0.6 is 0 Å². The summed E-state index contributed by atoms with van der Waals surface area (Å²) in [4.78, 5) is 16.3. The second-order valence-corrected chi connectivity index (χ2v) is 5.86. The Kier molecular flexibility index (Phi) is 5.47. The zero-order chi connectivity index (χ0) is 17.6. The van der Waals surface area contributed by atoms with Crippen LogP contribution in [0.2, 0.25) is 0 Å². The summed E-state index contributed by atoms with van der Waals surface area (Å²) in [5, 5.41) is 15.3. The van der Waals surface area contributed by atoms with Gasteiger partial charge in [-0.15, -0.1) is 0 Å². The van der Waals surface area contributed by atoms with Gasteiger partial charge < -0.3 is 25.2 Å². The molecule has 0 spiro atoms. The molecular formula is C18H21N3O4. The van der Waals surface area contributed by atoms with Gasteiger partial charge in [0, 0.05) is 36.3 Å². The van der Waals surface area contributed by atoms with Gasteiger partial charge in [-0.25, -0.2) is 0 Å². The number of hydrogen-bond acceptors (Lipinski definition) is 6. The van der Waals surface area contributed by atoms with Crippen molar-refractivity contribution in [3.8, 4) is 11.5 Å². The first-order valence-electron chi connectivity index (χ1n) is 8.08. The van der Waals surface area contributed by atoms with Crippen LogP contribution in [0.25, 0.3) is 0 Å². The van der Waals surface area contributed by atoms with Gasteiger partial charge in [0.15, 0.2) is 11.5 Å². The molecule has 3 N–H and O–H groups in total. The third-order valence-corrected chi connectivity index (χ3v) is 3.97. The van der Waals surface area contributed by atoms with Crippen molar-refractivity contribution in [2.45, 2.75) is 25.2 Å². The van der Waals surface area contributed by atoms with Gasteiger partial charge in [0.25, 0.3) is 0 Å². The molecule has 0 saturated carbocycles. The molecule has 132 valence electrons. The lowest BCUT2D eigenvalue weighted by molar-refractivity contribution is -0.117. The number of β-amino-alcohol motifs (C(OH)–C–C–N with tert-alkyl or cyclic N) is 1. The molecule has 7 nitrogen and oxygen atoms in total. The SMILES string of the molecule is COc1ccc(NC(=O)C2CC(O)CN2)cc1OCc1cccnc1. The lowest BCUT2D eigenvalue weighted by Crippen LogP contribution is -2.35. The van der Waals surface area contributed by atoms with Gasteiger partial charge in [-0.05, 0) is 24.6 Å². The largest absolute Gasteiger partial charge is 0.493 e. The molecule has 1 aliphatic rings. The van der Waals surface area contributed by atoms with Gasteiger partial charge in [0.2, 0.25) is 5.91 Å². The van der Waals surface area contributed by atoms with Crippen LogP contribution in [0, 0.1) is 0 Å². The maximum Gasteiger partial charge on any atom is 0.241 e. The molecule has 1 aromatic heterocycles. The number of pyridine rings is 1. The Morgan fingerprint density at radius 2 is 2.28 bits per heavy atom. The third kappa shape index (κ3) is 4.46. The van der Waals surface area contributed by atoms with Crippen LogP contribution < -0.4 is 20.1 Å². The minimum absolute atomic E-state index is 0.181. The third-order valence-electron chi connectivity index (χ3n) is 3.97. The normalized spacial score (nSPS) is 19.4. The summed E-state index contributed by atoms with van der Waals surface area (Å²) >= 11 is 0. The van der Waals surface area contributed by atoms with E-state index in [2.05, 4.69) is 15.6 Å². The van der Waals surface area contributed by atoms with Crippen LogP contribution in [0.3, 0.4) is 0 Å². The van der Waals surface area contributed by atoms with E-state index in [0.29, 0.717) is 36.8 Å². The fourth-order valence-electron chi connectivity index (χ4n) is 2.66. The van der Waals surface area contributed by atoms with Crippen molar-refractivity contribution < 1.29 is 19.4 Å². The summed E-state index contributed by atoms with van der Waals surface area (Å²) < 4.78 is 11.1. The van der Waals surface area contributed by atoms with Crippen molar-refractivity contribution in [2.75, 3.05) is 19.0 Å². The van der Waals surface area contributed by atoms with Crippen molar-refractivity contribution in [2.24, 2.45) is 0 Å². The van der Waals surface area contributed by atoms with E-state index in [4.69, 9.17) is 9.47 Å². The number of aliphatic hydroxyl groups excluding tert-OH is 1. The number of anilines is 1. The Morgan fingerprint density at radius 3 is 2.96 bits per heavy atom. The van der Waals surface area contributed by atoms with Gasteiger partial charge in [-0.3, -0.25) is 9.78 Å². The minimum atomic E-state index is -0.481. The van der Waals surface area contributed by atoms with Crippen LogP contribution in [0.5, 0.6) is 11.5 Å². The Bertz CT molecular complexity index is 724. The van der Waals surface area contributed by atoms with Gasteiger partial charge in [0.1, 0.15) is 6.61 Å². The highest BCUT2D eigenvalue weighted by atomic mass is 16.5. The van der Waals surface area contributed by atoms with Crippen molar-refractivity contribution in [1.29, 1.82) is 0 Å². The van der Waals surface area contributed by atoms with Crippen molar-refractivity contribution in [3.63, 3.8) is 0 Å². The van der Waals surface area contributed by atoms with Crippen molar-refractivity contribution in [1.82, 2.24) is 10.3 Å². The van der Waals surface area contributed by atoms with Gasteiger partial charge in [0.05, 0.1) is 19.3 Å². The van der Waals surface area contributed by atoms with Gasteiger partial charge >= 0.3 is 0 Å². The summed E-state index contributed by atoms with van der Waals surface area (Å²) in [5.74, 6) is 0.930. The van der Waals surface area contributed by atoms with E-state index < -0.39 is 12.1 Å². The number of ether oxygens (including phenoxy) is 2. The molecule has 1 aromatic carbocycles. The van der Waals surface area contributed by atoms with E-state index in [1.165, 1.54) is 0 Å². The number of methoxy groups -OCH3 is 1. The molecule has 7 heteroatoms. The lowest BCUT2D eigenvalue weighted by atomic mass is 10.2. The fourth-order valence-corrected chi connectivity index (χ4v) is 2.66. The molecule has 0 aliphatic carbocycles. The molecule has 2 atom stereocenters. The molecule has 2 unspecified atom stereocenters. The number of benzene rings is 1. The predicted molar refractivity (Wildman–Crippen MR) is 92.6 cm³/mol. The quantitative estimate of drug-likeness (QED) is 0.733. The van der Waals surface area contributed by atoms with Gasteiger partial charge in [-0.1, -0.05) is 6.07 Å². The molecule has 25 heavy (non-hydrogen) atoms. The number of aliphatic hydroxyl groups is 1. The van der Waals surface area contributed by atoms with Crippen molar-refractivity contribution >= 4 is 11.6 Å². The number of amides is 1. The minimum Gasteiger partial charge on any atom is -0.493 e. The smallest absolute Gasteiger partial charge is 0.241 e. The number of nitrogens with one attached hydrogen (secondary N) is 2. The molecule has 2 aromatic rings. The number of carbonyl (C=O) groups is 1. The van der Waals surface area contributed by atoms with Crippen LogP contribution in [-0.4, -0.2) is 41.8 Å². The zero-order valence-corrected chi connectivity index (χ0v) is 13.9. The summed E-state index contributed by atoms with van der Waals surface area (Å²) in [5.41, 5.74) is 1.54. The van der Waals surface area contributed by atoms with E-state index in [-0.39, 0.29) is 5.91 Å². The maximum atomic E-state index is 12.2. The Morgan fingerprint density at radius 1 is 1.40 bits per heavy atom. The molecule has 1 fully saturated rings. The number of nitrogens with zero attached hydrogens (tertiary/aromatic N) is 1. The average Bonchev–Trinajstić information content (AvgIpc) is 3.07. The Balaban J connectivity index is 1.67. The topological polar surface area (TPSA) is 92.7 Å². The van der Waals surface area contributed by atoms with Crippen molar-refractivity contribution in [3.05, 3.63) is 48.3 Å². The average molecular weight is 343 g/mol. The molecule has 2 heterocycles. The second kappa shape index (κ2) is 7.96. The molecule has 0 radical (unpaired) electrons. The van der Waals surface area contributed by atoms with Crippen LogP contribution in [-0.2, 0) is 11.4 Å². The Labute approximate surface area is 146 Å². The highest BCUT2D eigenvalue weighted by Crippen LogP contribution is 2.31. The van der Waals surface area contributed by atoms with Crippen LogP contribution in [0.4, 0.5) is 5.69 Å². The highest BCUT2D eigenvalue weighted by Gasteiger charge is 2.28. The monoisotopic (exact) mass is 343 g/mol. The summed E-state index contributed by atoms with van der Waals surface area (Å²) in [6.07, 6.45) is 3.36. The van der Waals surface area contributed by atoms with Crippen LogP contribution in [0.15, 0.2) is 42.7 Å². The molecule has 0 bridgehead atoms. The summed E-state index contributed by atoms with van der Waals surface area (Å²) in [6, 6.07) is 8.58. The predicted octanol–water partition coefficient (Wildman–Crippen LogP) is 1.33. The number of hydrogen-bond donors (Lipinski definition) is 3. The standard InChI is InChI=1S/C18H21N3O4/c1-24-16-5-4-13(21-18(23)15-8-14(22)10-20-15)7-17(16)25-11-12-3-2-6-19-9-12/h2-7,9,14-15,20,22H,8,10-11H2,1H3,(H,21,23). The first kappa shape index (κ1) is 17.2. The maximum absolute atomic E-state index is 12.2. The van der Waals surface area contributed by atoms with E-state index in [1.54, 1.807) is 37.7 Å². The first-order chi connectivity index (χ1) is 12.2. The molecule has 1 aliphatic heterocycles. The van der Waals surface area contributed by atoms with Gasteiger partial charge in [-0.2, -0.15) is 0 Å². The van der Waals surface area contributed by atoms with E-state index in [1.807, 2.05) is 12.1 Å². The molecule has 3 rings (SSSR count). The fraction of sp³-hybridized carbons (Fsp3) is 0.333. The Hall–Kier alpha value is -2.64.